The minimum atomic E-state index is 0.331. The van der Waals surface area contributed by atoms with E-state index in [2.05, 4.69) is 25.1 Å². The number of fused-ring (bicyclic) bond motifs is 1. The topological polar surface area (TPSA) is 35.2 Å². The molecule has 2 heteroatoms. The van der Waals surface area contributed by atoms with E-state index in [0.717, 1.165) is 31.4 Å². The first-order valence-corrected chi connectivity index (χ1v) is 5.79. The molecule has 0 aliphatic carbocycles. The summed E-state index contributed by atoms with van der Waals surface area (Å²) >= 11 is 0. The average Bonchev–Trinajstić information content (AvgIpc) is 2.68. The molecule has 2 N–H and O–H groups in total. The van der Waals surface area contributed by atoms with Gasteiger partial charge in [-0.1, -0.05) is 25.1 Å². The maximum absolute atomic E-state index is 5.90. The second-order valence-corrected chi connectivity index (χ2v) is 4.30. The lowest BCUT2D eigenvalue weighted by molar-refractivity contribution is 0.213. The third kappa shape index (κ3) is 2.51. The fourth-order valence-electron chi connectivity index (χ4n) is 2.02. The van der Waals surface area contributed by atoms with Gasteiger partial charge < -0.3 is 10.5 Å². The van der Waals surface area contributed by atoms with E-state index in [4.69, 9.17) is 10.5 Å². The van der Waals surface area contributed by atoms with E-state index in [9.17, 15) is 0 Å². The molecule has 2 nitrogen and oxygen atoms in total. The highest BCUT2D eigenvalue weighted by molar-refractivity contribution is 5.37. The monoisotopic (exact) mass is 205 g/mol. The van der Waals surface area contributed by atoms with Crippen molar-refractivity contribution in [1.82, 2.24) is 0 Å². The Kier molecular flexibility index (Phi) is 3.27. The lowest BCUT2D eigenvalue weighted by atomic mass is 10.0. The Morgan fingerprint density at radius 3 is 3.00 bits per heavy atom. The second kappa shape index (κ2) is 4.67. The van der Waals surface area contributed by atoms with Crippen LogP contribution in [0.25, 0.3) is 0 Å². The summed E-state index contributed by atoms with van der Waals surface area (Å²) in [5.74, 6) is 1.06. The van der Waals surface area contributed by atoms with E-state index in [1.165, 1.54) is 5.56 Å². The number of ether oxygens (including phenoxy) is 1. The predicted molar refractivity (Wildman–Crippen MR) is 62.1 cm³/mol. The zero-order valence-electron chi connectivity index (χ0n) is 9.28. The van der Waals surface area contributed by atoms with E-state index >= 15 is 0 Å². The molecule has 0 fully saturated rings. The van der Waals surface area contributed by atoms with Crippen LogP contribution in [0.2, 0.25) is 0 Å². The summed E-state index contributed by atoms with van der Waals surface area (Å²) in [5, 5.41) is 0. The highest BCUT2D eigenvalue weighted by Gasteiger charge is 2.22. The maximum Gasteiger partial charge on any atom is 0.123 e. The first-order valence-electron chi connectivity index (χ1n) is 5.79. The molecule has 0 saturated heterocycles. The van der Waals surface area contributed by atoms with Gasteiger partial charge in [-0.3, -0.25) is 0 Å². The number of nitrogens with two attached hydrogens (primary N) is 1. The zero-order chi connectivity index (χ0) is 10.7. The van der Waals surface area contributed by atoms with E-state index in [0.29, 0.717) is 12.1 Å². The molecular weight excluding hydrogens is 186 g/mol. The Hall–Kier alpha value is -1.02. The van der Waals surface area contributed by atoms with Crippen LogP contribution < -0.4 is 10.5 Å². The number of hydrogen-bond donors (Lipinski definition) is 1. The van der Waals surface area contributed by atoms with Gasteiger partial charge >= 0.3 is 0 Å². The first kappa shape index (κ1) is 10.5. The summed E-state index contributed by atoms with van der Waals surface area (Å²) in [6.07, 6.45) is 4.59. The fourth-order valence-corrected chi connectivity index (χ4v) is 2.02. The normalized spacial score (nSPS) is 20.8. The van der Waals surface area contributed by atoms with Crippen LogP contribution in [0.15, 0.2) is 24.3 Å². The average molecular weight is 205 g/mol. The van der Waals surface area contributed by atoms with Crippen molar-refractivity contribution in [2.75, 3.05) is 0 Å². The van der Waals surface area contributed by atoms with E-state index in [1.807, 2.05) is 6.07 Å². The minimum Gasteiger partial charge on any atom is -0.490 e. The van der Waals surface area contributed by atoms with Crippen LogP contribution in [0, 0.1) is 0 Å². The van der Waals surface area contributed by atoms with E-state index in [-0.39, 0.29) is 0 Å². The SMILES string of the molecule is CCC(N)CCC1Cc2ccccc2O1. The number of hydrogen-bond acceptors (Lipinski definition) is 2. The largest absolute Gasteiger partial charge is 0.490 e. The lowest BCUT2D eigenvalue weighted by Crippen LogP contribution is -2.22. The van der Waals surface area contributed by atoms with Gasteiger partial charge in [0.1, 0.15) is 11.9 Å². The summed E-state index contributed by atoms with van der Waals surface area (Å²) in [7, 11) is 0. The molecule has 2 rings (SSSR count). The second-order valence-electron chi connectivity index (χ2n) is 4.30. The Bertz CT molecular complexity index is 299. The van der Waals surface area contributed by atoms with Crippen molar-refractivity contribution in [2.24, 2.45) is 5.73 Å². The molecular formula is C13H19NO. The van der Waals surface area contributed by atoms with Crippen LogP contribution >= 0.6 is 0 Å². The van der Waals surface area contributed by atoms with Crippen molar-refractivity contribution in [1.29, 1.82) is 0 Å². The van der Waals surface area contributed by atoms with Crippen molar-refractivity contribution >= 4 is 0 Å². The Morgan fingerprint density at radius 1 is 1.47 bits per heavy atom. The minimum absolute atomic E-state index is 0.331. The molecule has 15 heavy (non-hydrogen) atoms. The van der Waals surface area contributed by atoms with E-state index < -0.39 is 0 Å². The molecule has 0 saturated carbocycles. The Balaban J connectivity index is 1.85. The van der Waals surface area contributed by atoms with Gasteiger partial charge in [-0.05, 0) is 30.9 Å². The molecule has 0 bridgehead atoms. The van der Waals surface area contributed by atoms with Crippen LogP contribution in [0.5, 0.6) is 5.75 Å². The summed E-state index contributed by atoms with van der Waals surface area (Å²) in [6, 6.07) is 8.63. The zero-order valence-corrected chi connectivity index (χ0v) is 9.28. The van der Waals surface area contributed by atoms with Gasteiger partial charge in [-0.2, -0.15) is 0 Å². The highest BCUT2D eigenvalue weighted by Crippen LogP contribution is 2.30. The molecule has 0 radical (unpaired) electrons. The molecule has 2 atom stereocenters. The molecule has 1 heterocycles. The summed E-state index contributed by atoms with van der Waals surface area (Å²) in [6.45, 7) is 2.13. The quantitative estimate of drug-likeness (QED) is 0.819. The van der Waals surface area contributed by atoms with Crippen LogP contribution in [-0.2, 0) is 6.42 Å². The van der Waals surface area contributed by atoms with Gasteiger partial charge in [0.25, 0.3) is 0 Å². The van der Waals surface area contributed by atoms with Gasteiger partial charge in [0.15, 0.2) is 0 Å². The molecule has 0 spiro atoms. The van der Waals surface area contributed by atoms with Crippen molar-refractivity contribution in [3.8, 4) is 5.75 Å². The lowest BCUT2D eigenvalue weighted by Gasteiger charge is -2.13. The van der Waals surface area contributed by atoms with Crippen LogP contribution in [-0.4, -0.2) is 12.1 Å². The van der Waals surface area contributed by atoms with Gasteiger partial charge in [-0.15, -0.1) is 0 Å². The van der Waals surface area contributed by atoms with Crippen molar-refractivity contribution in [2.45, 2.75) is 44.8 Å². The van der Waals surface area contributed by atoms with Gasteiger partial charge in [-0.25, -0.2) is 0 Å². The summed E-state index contributed by atoms with van der Waals surface area (Å²) < 4.78 is 5.85. The van der Waals surface area contributed by atoms with Crippen molar-refractivity contribution in [3.05, 3.63) is 29.8 Å². The fraction of sp³-hybridized carbons (Fsp3) is 0.538. The van der Waals surface area contributed by atoms with Crippen LogP contribution in [0.1, 0.15) is 31.7 Å². The van der Waals surface area contributed by atoms with Gasteiger partial charge in [0.05, 0.1) is 0 Å². The molecule has 0 aromatic heterocycles. The Labute approximate surface area is 91.4 Å². The summed E-state index contributed by atoms with van der Waals surface area (Å²) in [5.41, 5.74) is 7.24. The standard InChI is InChI=1S/C13H19NO/c1-2-11(14)7-8-12-9-10-5-3-4-6-13(10)15-12/h3-6,11-12H,2,7-9,14H2,1H3. The predicted octanol–water partition coefficient (Wildman–Crippen LogP) is 2.51. The molecule has 1 aromatic carbocycles. The molecule has 82 valence electrons. The molecule has 2 unspecified atom stereocenters. The summed E-state index contributed by atoms with van der Waals surface area (Å²) in [4.78, 5) is 0. The van der Waals surface area contributed by atoms with Crippen molar-refractivity contribution < 1.29 is 4.74 Å². The molecule has 1 aromatic rings. The maximum atomic E-state index is 5.90. The molecule has 0 amide bonds. The van der Waals surface area contributed by atoms with Crippen molar-refractivity contribution in [3.63, 3.8) is 0 Å². The van der Waals surface area contributed by atoms with Crippen LogP contribution in [0.3, 0.4) is 0 Å². The third-order valence-electron chi connectivity index (χ3n) is 3.10. The van der Waals surface area contributed by atoms with E-state index in [1.54, 1.807) is 0 Å². The Morgan fingerprint density at radius 2 is 2.27 bits per heavy atom. The number of para-hydroxylation sites is 1. The third-order valence-corrected chi connectivity index (χ3v) is 3.10. The first-order chi connectivity index (χ1) is 7.29. The highest BCUT2D eigenvalue weighted by atomic mass is 16.5. The smallest absolute Gasteiger partial charge is 0.123 e. The molecule has 1 aliphatic rings. The van der Waals surface area contributed by atoms with Crippen LogP contribution in [0.4, 0.5) is 0 Å². The molecule has 1 aliphatic heterocycles. The number of benzene rings is 1. The van der Waals surface area contributed by atoms with Gasteiger partial charge in [0, 0.05) is 12.5 Å². The number of rotatable bonds is 4. The van der Waals surface area contributed by atoms with Gasteiger partial charge in [0.2, 0.25) is 0 Å².